The van der Waals surface area contributed by atoms with Crippen molar-refractivity contribution in [1.82, 2.24) is 9.88 Å². The molecule has 0 atom stereocenters. The van der Waals surface area contributed by atoms with E-state index >= 15 is 0 Å². The van der Waals surface area contributed by atoms with Gasteiger partial charge in [0.15, 0.2) is 5.13 Å². The highest BCUT2D eigenvalue weighted by molar-refractivity contribution is 7.22. The van der Waals surface area contributed by atoms with E-state index in [1.165, 1.54) is 35.1 Å². The molecule has 5 nitrogen and oxygen atoms in total. The number of anilines is 1. The lowest BCUT2D eigenvalue weighted by Gasteiger charge is -2.28. The fourth-order valence-corrected chi connectivity index (χ4v) is 5.96. The molecular formula is C27H33N3O2S. The zero-order chi connectivity index (χ0) is 22.8. The van der Waals surface area contributed by atoms with Crippen molar-refractivity contribution >= 4 is 32.6 Å². The number of rotatable bonds is 6. The molecule has 0 spiro atoms. The Kier molecular flexibility index (Phi) is 6.76. The van der Waals surface area contributed by atoms with E-state index < -0.39 is 0 Å². The summed E-state index contributed by atoms with van der Waals surface area (Å²) in [5.74, 6) is 0.0683. The Balaban J connectivity index is 1.43. The second kappa shape index (κ2) is 9.92. The highest BCUT2D eigenvalue weighted by Gasteiger charge is 2.23. The van der Waals surface area contributed by atoms with Crippen molar-refractivity contribution < 1.29 is 9.53 Å². The Bertz CT molecular complexity index is 1150. The Morgan fingerprint density at radius 1 is 1.09 bits per heavy atom. The summed E-state index contributed by atoms with van der Waals surface area (Å²) in [7, 11) is 0. The number of nitrogens with zero attached hydrogens (tertiary/aromatic N) is 3. The number of ether oxygens (including phenoxy) is 1. The third-order valence-electron chi connectivity index (χ3n) is 7.10. The van der Waals surface area contributed by atoms with Gasteiger partial charge in [0.25, 0.3) is 5.91 Å². The zero-order valence-electron chi connectivity index (χ0n) is 19.7. The molecule has 0 saturated carbocycles. The number of carbonyl (C=O) groups excluding carboxylic acids is 1. The molecule has 0 N–H and O–H groups in total. The Morgan fingerprint density at radius 3 is 2.70 bits per heavy atom. The molecule has 6 heteroatoms. The molecule has 0 radical (unpaired) electrons. The van der Waals surface area contributed by atoms with Crippen molar-refractivity contribution in [2.45, 2.75) is 46.0 Å². The molecule has 0 unspecified atom stereocenters. The van der Waals surface area contributed by atoms with E-state index in [9.17, 15) is 4.79 Å². The lowest BCUT2D eigenvalue weighted by atomic mass is 9.90. The van der Waals surface area contributed by atoms with Gasteiger partial charge in [0, 0.05) is 31.7 Å². The molecule has 1 aliphatic heterocycles. The third kappa shape index (κ3) is 4.84. The number of fused-ring (bicyclic) bond motifs is 2. The first-order valence-electron chi connectivity index (χ1n) is 12.2. The SMILES string of the molecule is Cc1ccc2sc(N(CCCN3CCOCC3)C(=O)c3ccc4c(c3)CCCC4)nc2c1C. The van der Waals surface area contributed by atoms with Gasteiger partial charge in [-0.3, -0.25) is 14.6 Å². The average Bonchev–Trinajstić information content (AvgIpc) is 3.29. The lowest BCUT2D eigenvalue weighted by molar-refractivity contribution is 0.0376. The number of aromatic nitrogens is 1. The third-order valence-corrected chi connectivity index (χ3v) is 8.15. The van der Waals surface area contributed by atoms with Gasteiger partial charge in [0.05, 0.1) is 23.4 Å². The van der Waals surface area contributed by atoms with Gasteiger partial charge in [-0.05, 0) is 86.4 Å². The van der Waals surface area contributed by atoms with Gasteiger partial charge in [0.1, 0.15) is 0 Å². The molecule has 1 amide bonds. The molecule has 1 fully saturated rings. The van der Waals surface area contributed by atoms with Crippen molar-refractivity contribution in [1.29, 1.82) is 0 Å². The van der Waals surface area contributed by atoms with Gasteiger partial charge in [-0.15, -0.1) is 0 Å². The van der Waals surface area contributed by atoms with Crippen molar-refractivity contribution in [3.8, 4) is 0 Å². The maximum Gasteiger partial charge on any atom is 0.260 e. The normalized spacial score (nSPS) is 16.7. The lowest BCUT2D eigenvalue weighted by Crippen LogP contribution is -2.39. The number of benzene rings is 2. The largest absolute Gasteiger partial charge is 0.379 e. The predicted molar refractivity (Wildman–Crippen MR) is 136 cm³/mol. The Morgan fingerprint density at radius 2 is 1.88 bits per heavy atom. The fraction of sp³-hybridized carbons (Fsp3) is 0.481. The summed E-state index contributed by atoms with van der Waals surface area (Å²) < 4.78 is 6.62. The second-order valence-electron chi connectivity index (χ2n) is 9.31. The van der Waals surface area contributed by atoms with Crippen LogP contribution in [0.3, 0.4) is 0 Å². The summed E-state index contributed by atoms with van der Waals surface area (Å²) in [6.07, 6.45) is 5.59. The number of morpholine rings is 1. The minimum Gasteiger partial charge on any atom is -0.379 e. The van der Waals surface area contributed by atoms with Crippen LogP contribution in [0.5, 0.6) is 0 Å². The minimum absolute atomic E-state index is 0.0683. The topological polar surface area (TPSA) is 45.7 Å². The van der Waals surface area contributed by atoms with Crippen molar-refractivity contribution in [2.24, 2.45) is 0 Å². The van der Waals surface area contributed by atoms with Gasteiger partial charge in [-0.2, -0.15) is 0 Å². The highest BCUT2D eigenvalue weighted by atomic mass is 32.1. The van der Waals surface area contributed by atoms with Crippen LogP contribution in [0.4, 0.5) is 5.13 Å². The number of hydrogen-bond acceptors (Lipinski definition) is 5. The van der Waals surface area contributed by atoms with E-state index in [0.717, 1.165) is 73.0 Å². The van der Waals surface area contributed by atoms with Crippen LogP contribution in [-0.4, -0.2) is 55.2 Å². The maximum atomic E-state index is 13.8. The van der Waals surface area contributed by atoms with Crippen LogP contribution in [0.2, 0.25) is 0 Å². The number of aryl methyl sites for hydroxylation is 4. The summed E-state index contributed by atoms with van der Waals surface area (Å²) in [5.41, 5.74) is 6.99. The Hall–Kier alpha value is -2.28. The van der Waals surface area contributed by atoms with Gasteiger partial charge >= 0.3 is 0 Å². The summed E-state index contributed by atoms with van der Waals surface area (Å²) in [5, 5.41) is 0.809. The molecule has 1 saturated heterocycles. The van der Waals surface area contributed by atoms with Crippen LogP contribution in [0.1, 0.15) is 51.9 Å². The predicted octanol–water partition coefficient (Wildman–Crippen LogP) is 5.16. The maximum absolute atomic E-state index is 13.8. The molecule has 2 aromatic carbocycles. The van der Waals surface area contributed by atoms with Gasteiger partial charge in [-0.25, -0.2) is 4.98 Å². The summed E-state index contributed by atoms with van der Waals surface area (Å²) in [4.78, 5) is 23.1. The average molecular weight is 464 g/mol. The van der Waals surface area contributed by atoms with E-state index in [2.05, 4.69) is 43.0 Å². The molecule has 2 heterocycles. The summed E-state index contributed by atoms with van der Waals surface area (Å²) >= 11 is 1.63. The monoisotopic (exact) mass is 463 g/mol. The number of thiazole rings is 1. The molecule has 1 aliphatic carbocycles. The molecule has 5 rings (SSSR count). The standard InChI is InChI=1S/C27H33N3O2S/c1-19-8-11-24-25(20(19)2)28-27(33-24)30(13-5-12-29-14-16-32-17-15-29)26(31)23-10-9-21-6-3-4-7-22(21)18-23/h8-11,18H,3-7,12-17H2,1-2H3. The number of hydrogen-bond donors (Lipinski definition) is 0. The van der Waals surface area contributed by atoms with Crippen molar-refractivity contribution in [3.63, 3.8) is 0 Å². The number of amides is 1. The van der Waals surface area contributed by atoms with Crippen LogP contribution < -0.4 is 4.90 Å². The van der Waals surface area contributed by atoms with E-state index in [4.69, 9.17) is 9.72 Å². The smallest absolute Gasteiger partial charge is 0.260 e. The summed E-state index contributed by atoms with van der Waals surface area (Å²) in [6, 6.07) is 10.6. The van der Waals surface area contributed by atoms with Crippen LogP contribution in [0.25, 0.3) is 10.2 Å². The second-order valence-corrected chi connectivity index (χ2v) is 10.3. The van der Waals surface area contributed by atoms with Crippen LogP contribution in [-0.2, 0) is 17.6 Å². The molecule has 1 aromatic heterocycles. The van der Waals surface area contributed by atoms with Crippen LogP contribution in [0, 0.1) is 13.8 Å². The van der Waals surface area contributed by atoms with E-state index in [1.54, 1.807) is 11.3 Å². The van der Waals surface area contributed by atoms with Crippen molar-refractivity contribution in [3.05, 3.63) is 58.1 Å². The quantitative estimate of drug-likeness (QED) is 0.507. The first-order valence-corrected chi connectivity index (χ1v) is 13.0. The molecule has 0 bridgehead atoms. The molecule has 174 valence electrons. The van der Waals surface area contributed by atoms with Gasteiger partial charge in [0.2, 0.25) is 0 Å². The summed E-state index contributed by atoms with van der Waals surface area (Å²) in [6.45, 7) is 9.42. The molecule has 2 aliphatic rings. The van der Waals surface area contributed by atoms with E-state index in [-0.39, 0.29) is 5.91 Å². The zero-order valence-corrected chi connectivity index (χ0v) is 20.5. The van der Waals surface area contributed by atoms with Gasteiger partial charge < -0.3 is 4.74 Å². The first kappa shape index (κ1) is 22.5. The van der Waals surface area contributed by atoms with E-state index in [0.29, 0.717) is 6.54 Å². The first-order chi connectivity index (χ1) is 16.1. The minimum atomic E-state index is 0.0683. The van der Waals surface area contributed by atoms with Crippen LogP contribution in [0.15, 0.2) is 30.3 Å². The molecular weight excluding hydrogens is 430 g/mol. The molecule has 3 aromatic rings. The highest BCUT2D eigenvalue weighted by Crippen LogP contribution is 2.33. The molecule has 33 heavy (non-hydrogen) atoms. The number of carbonyl (C=O) groups is 1. The van der Waals surface area contributed by atoms with Crippen molar-refractivity contribution in [2.75, 3.05) is 44.3 Å². The Labute approximate surface area is 200 Å². The van der Waals surface area contributed by atoms with Crippen LogP contribution >= 0.6 is 11.3 Å². The van der Waals surface area contributed by atoms with E-state index in [1.807, 2.05) is 11.0 Å². The fourth-order valence-electron chi connectivity index (χ4n) is 4.91. The van der Waals surface area contributed by atoms with Gasteiger partial charge in [-0.1, -0.05) is 23.5 Å².